The third-order valence-electron chi connectivity index (χ3n) is 3.40. The molecule has 2 N–H and O–H groups in total. The number of carbonyl (C=O) groups is 2. The van der Waals surface area contributed by atoms with Crippen LogP contribution >= 0.6 is 0 Å². The molecule has 1 amide bonds. The van der Waals surface area contributed by atoms with E-state index in [1.165, 1.54) is 0 Å². The Balaban J connectivity index is 2.12. The zero-order chi connectivity index (χ0) is 14.7. The van der Waals surface area contributed by atoms with Gasteiger partial charge in [-0.15, -0.1) is 0 Å². The van der Waals surface area contributed by atoms with Crippen LogP contribution in [0.25, 0.3) is 0 Å². The van der Waals surface area contributed by atoms with Gasteiger partial charge >= 0.3 is 5.97 Å². The number of fused-ring (bicyclic) bond motifs is 1. The highest BCUT2D eigenvalue weighted by atomic mass is 16.7. The maximum Gasteiger partial charge on any atom is 0.326 e. The molecule has 0 aromatic heterocycles. The molecular formula is C14H17NO5. The van der Waals surface area contributed by atoms with E-state index in [9.17, 15) is 9.59 Å². The molecule has 1 aliphatic rings. The van der Waals surface area contributed by atoms with E-state index in [0.29, 0.717) is 23.5 Å². The van der Waals surface area contributed by atoms with Gasteiger partial charge in [0.2, 0.25) is 6.79 Å². The number of benzene rings is 1. The molecule has 108 valence electrons. The summed E-state index contributed by atoms with van der Waals surface area (Å²) in [6.07, 6.45) is 0.665. The first kappa shape index (κ1) is 14.2. The third-order valence-corrected chi connectivity index (χ3v) is 3.40. The summed E-state index contributed by atoms with van der Waals surface area (Å²) in [5.41, 5.74) is 0.351. The van der Waals surface area contributed by atoms with Crippen LogP contribution in [0.5, 0.6) is 11.5 Å². The predicted octanol–water partition coefficient (Wildman–Crippen LogP) is 1.64. The van der Waals surface area contributed by atoms with Gasteiger partial charge in [0, 0.05) is 5.56 Å². The second kappa shape index (κ2) is 5.81. The third kappa shape index (κ3) is 2.84. The minimum absolute atomic E-state index is 0.130. The number of hydrogen-bond donors (Lipinski definition) is 2. The van der Waals surface area contributed by atoms with E-state index in [4.69, 9.17) is 14.6 Å². The molecule has 1 heterocycles. The molecule has 6 heteroatoms. The van der Waals surface area contributed by atoms with Crippen LogP contribution in [0.3, 0.4) is 0 Å². The molecule has 0 spiro atoms. The van der Waals surface area contributed by atoms with Gasteiger partial charge in [0.25, 0.3) is 5.91 Å². The fourth-order valence-electron chi connectivity index (χ4n) is 1.95. The fourth-order valence-corrected chi connectivity index (χ4v) is 1.95. The van der Waals surface area contributed by atoms with E-state index < -0.39 is 17.9 Å². The first-order valence-corrected chi connectivity index (χ1v) is 6.46. The molecule has 1 unspecified atom stereocenters. The molecule has 2 atom stereocenters. The molecule has 0 radical (unpaired) electrons. The SMILES string of the molecule is CCC(C)[C@H](NC(=O)c1ccc2c(c1)OCO2)C(=O)O. The van der Waals surface area contributed by atoms with Crippen molar-refractivity contribution < 1.29 is 24.2 Å². The molecule has 1 aliphatic heterocycles. The van der Waals surface area contributed by atoms with E-state index >= 15 is 0 Å². The summed E-state index contributed by atoms with van der Waals surface area (Å²) in [6, 6.07) is 3.86. The number of hydrogen-bond acceptors (Lipinski definition) is 4. The fraction of sp³-hybridized carbons (Fsp3) is 0.429. The summed E-state index contributed by atoms with van der Waals surface area (Å²) < 4.78 is 10.4. The van der Waals surface area contributed by atoms with Crippen molar-refractivity contribution in [3.8, 4) is 11.5 Å². The van der Waals surface area contributed by atoms with Crippen LogP contribution < -0.4 is 14.8 Å². The lowest BCUT2D eigenvalue weighted by Gasteiger charge is -2.20. The van der Waals surface area contributed by atoms with Crippen LogP contribution in [0.2, 0.25) is 0 Å². The van der Waals surface area contributed by atoms with Gasteiger partial charge in [-0.1, -0.05) is 20.3 Å². The molecule has 2 rings (SSSR count). The molecular weight excluding hydrogens is 262 g/mol. The number of aliphatic carboxylic acids is 1. The average molecular weight is 279 g/mol. The lowest BCUT2D eigenvalue weighted by Crippen LogP contribution is -2.45. The summed E-state index contributed by atoms with van der Waals surface area (Å²) in [7, 11) is 0. The zero-order valence-electron chi connectivity index (χ0n) is 11.4. The quantitative estimate of drug-likeness (QED) is 0.856. The molecule has 0 saturated heterocycles. The largest absolute Gasteiger partial charge is 0.480 e. The van der Waals surface area contributed by atoms with Crippen molar-refractivity contribution in [1.29, 1.82) is 0 Å². The molecule has 0 saturated carbocycles. The van der Waals surface area contributed by atoms with E-state index in [0.717, 1.165) is 0 Å². The van der Waals surface area contributed by atoms with Crippen LogP contribution in [0.15, 0.2) is 18.2 Å². The van der Waals surface area contributed by atoms with Crippen molar-refractivity contribution in [3.63, 3.8) is 0 Å². The van der Waals surface area contributed by atoms with Crippen LogP contribution in [0, 0.1) is 5.92 Å². The first-order chi connectivity index (χ1) is 9.52. The molecule has 0 aliphatic carbocycles. The Labute approximate surface area is 116 Å². The lowest BCUT2D eigenvalue weighted by atomic mass is 9.99. The first-order valence-electron chi connectivity index (χ1n) is 6.46. The highest BCUT2D eigenvalue weighted by Gasteiger charge is 2.26. The number of rotatable bonds is 5. The summed E-state index contributed by atoms with van der Waals surface area (Å²) in [5, 5.41) is 11.7. The number of ether oxygens (including phenoxy) is 2. The topological polar surface area (TPSA) is 84.9 Å². The molecule has 1 aromatic rings. The Morgan fingerprint density at radius 2 is 2.05 bits per heavy atom. The van der Waals surface area contributed by atoms with Crippen LogP contribution in [0.1, 0.15) is 30.6 Å². The minimum atomic E-state index is -1.03. The Kier molecular flexibility index (Phi) is 4.12. The van der Waals surface area contributed by atoms with Gasteiger partial charge in [0.15, 0.2) is 11.5 Å². The maximum atomic E-state index is 12.1. The van der Waals surface area contributed by atoms with Crippen molar-refractivity contribution in [2.45, 2.75) is 26.3 Å². The van der Waals surface area contributed by atoms with Gasteiger partial charge < -0.3 is 19.9 Å². The lowest BCUT2D eigenvalue weighted by molar-refractivity contribution is -0.140. The second-order valence-electron chi connectivity index (χ2n) is 4.74. The van der Waals surface area contributed by atoms with Crippen LogP contribution in [-0.2, 0) is 4.79 Å². The van der Waals surface area contributed by atoms with Gasteiger partial charge in [0.1, 0.15) is 6.04 Å². The molecule has 20 heavy (non-hydrogen) atoms. The summed E-state index contributed by atoms with van der Waals surface area (Å²) in [5.74, 6) is -0.541. The molecule has 0 bridgehead atoms. The monoisotopic (exact) mass is 279 g/mol. The van der Waals surface area contributed by atoms with Crippen molar-refractivity contribution in [2.24, 2.45) is 5.92 Å². The molecule has 0 fully saturated rings. The molecule has 6 nitrogen and oxygen atoms in total. The van der Waals surface area contributed by atoms with Crippen molar-refractivity contribution in [3.05, 3.63) is 23.8 Å². The Morgan fingerprint density at radius 1 is 1.35 bits per heavy atom. The second-order valence-corrected chi connectivity index (χ2v) is 4.74. The van der Waals surface area contributed by atoms with Crippen molar-refractivity contribution in [2.75, 3.05) is 6.79 Å². The van der Waals surface area contributed by atoms with Crippen LogP contribution in [-0.4, -0.2) is 29.8 Å². The number of nitrogens with one attached hydrogen (secondary N) is 1. The zero-order valence-corrected chi connectivity index (χ0v) is 11.4. The van der Waals surface area contributed by atoms with Gasteiger partial charge in [-0.2, -0.15) is 0 Å². The van der Waals surface area contributed by atoms with Gasteiger partial charge in [-0.25, -0.2) is 4.79 Å². The summed E-state index contributed by atoms with van der Waals surface area (Å²) >= 11 is 0. The highest BCUT2D eigenvalue weighted by molar-refractivity contribution is 5.97. The van der Waals surface area contributed by atoms with Gasteiger partial charge in [-0.3, -0.25) is 4.79 Å². The summed E-state index contributed by atoms with van der Waals surface area (Å²) in [6.45, 7) is 3.80. The van der Waals surface area contributed by atoms with E-state index in [1.54, 1.807) is 25.1 Å². The standard InChI is InChI=1S/C14H17NO5/c1-3-8(2)12(14(17)18)15-13(16)9-4-5-10-11(6-9)20-7-19-10/h4-6,8,12H,3,7H2,1-2H3,(H,15,16)(H,17,18)/t8?,12-/m0/s1. The minimum Gasteiger partial charge on any atom is -0.480 e. The van der Waals surface area contributed by atoms with Crippen LogP contribution in [0.4, 0.5) is 0 Å². The number of carboxylic acid groups (broad SMARTS) is 1. The summed E-state index contributed by atoms with van der Waals surface area (Å²) in [4.78, 5) is 23.3. The van der Waals surface area contributed by atoms with Gasteiger partial charge in [0.05, 0.1) is 0 Å². The average Bonchev–Trinajstić information content (AvgIpc) is 2.90. The number of carboxylic acids is 1. The Hall–Kier alpha value is -2.24. The molecule has 1 aromatic carbocycles. The van der Waals surface area contributed by atoms with E-state index in [-0.39, 0.29) is 12.7 Å². The van der Waals surface area contributed by atoms with Crippen molar-refractivity contribution in [1.82, 2.24) is 5.32 Å². The van der Waals surface area contributed by atoms with E-state index in [2.05, 4.69) is 5.32 Å². The predicted molar refractivity (Wildman–Crippen MR) is 70.9 cm³/mol. The normalized spacial score (nSPS) is 15.5. The highest BCUT2D eigenvalue weighted by Crippen LogP contribution is 2.32. The Morgan fingerprint density at radius 3 is 2.70 bits per heavy atom. The smallest absolute Gasteiger partial charge is 0.326 e. The van der Waals surface area contributed by atoms with Gasteiger partial charge in [-0.05, 0) is 24.1 Å². The Bertz CT molecular complexity index is 528. The van der Waals surface area contributed by atoms with E-state index in [1.807, 2.05) is 6.92 Å². The van der Waals surface area contributed by atoms with Crippen molar-refractivity contribution >= 4 is 11.9 Å². The maximum absolute atomic E-state index is 12.1. The number of amides is 1. The number of carbonyl (C=O) groups excluding carboxylic acids is 1.